The van der Waals surface area contributed by atoms with Crippen molar-refractivity contribution in [1.29, 1.82) is 0 Å². The molecule has 0 radical (unpaired) electrons. The Balaban J connectivity index is 0.00000169. The van der Waals surface area contributed by atoms with Gasteiger partial charge >= 0.3 is 0 Å². The number of halogens is 3. The first kappa shape index (κ1) is 14.4. The second kappa shape index (κ2) is 8.72. The van der Waals surface area contributed by atoms with E-state index in [1.54, 1.807) is 0 Å². The normalized spacial score (nSPS) is 9.57. The second-order valence-corrected chi connectivity index (χ2v) is 4.04. The minimum atomic E-state index is 0. The molecule has 1 N–H and O–H groups in total. The summed E-state index contributed by atoms with van der Waals surface area (Å²) in [4.78, 5) is 0. The topological polar surface area (TPSA) is 12.0 Å². The van der Waals surface area contributed by atoms with E-state index in [0.717, 1.165) is 29.9 Å². The average Bonchev–Trinajstić information content (AvgIpc) is 2.15. The molecule has 0 saturated heterocycles. The fourth-order valence-corrected chi connectivity index (χ4v) is 1.48. The van der Waals surface area contributed by atoms with Crippen LogP contribution in [0.3, 0.4) is 0 Å². The van der Waals surface area contributed by atoms with Gasteiger partial charge in [-0.15, -0.1) is 17.0 Å². The van der Waals surface area contributed by atoms with Gasteiger partial charge in [0.2, 0.25) is 0 Å². The third-order valence-electron chi connectivity index (χ3n) is 1.77. The largest absolute Gasteiger partial charge is 0.316 e. The van der Waals surface area contributed by atoms with Crippen molar-refractivity contribution in [3.8, 4) is 0 Å². The summed E-state index contributed by atoms with van der Waals surface area (Å²) in [5, 5.41) is 5.13. The molecule has 0 unspecified atom stereocenters. The molecule has 0 aliphatic rings. The SMILES string of the molecule is Br.Clc1ccc(CCNCCBr)cc1. The molecule has 1 rings (SSSR count). The predicted octanol–water partition coefficient (Wildman–Crippen LogP) is 3.44. The Morgan fingerprint density at radius 1 is 1.14 bits per heavy atom. The van der Waals surface area contributed by atoms with Gasteiger partial charge in [-0.2, -0.15) is 0 Å². The van der Waals surface area contributed by atoms with E-state index >= 15 is 0 Å². The van der Waals surface area contributed by atoms with E-state index in [1.807, 2.05) is 12.1 Å². The zero-order valence-corrected chi connectivity index (χ0v) is 11.9. The van der Waals surface area contributed by atoms with Gasteiger partial charge in [-0.25, -0.2) is 0 Å². The summed E-state index contributed by atoms with van der Waals surface area (Å²) in [5.41, 5.74) is 1.33. The maximum absolute atomic E-state index is 5.77. The quantitative estimate of drug-likeness (QED) is 0.638. The molecule has 0 aliphatic carbocycles. The summed E-state index contributed by atoms with van der Waals surface area (Å²) < 4.78 is 0. The summed E-state index contributed by atoms with van der Waals surface area (Å²) in [6, 6.07) is 8.00. The molecule has 0 bridgehead atoms. The fraction of sp³-hybridized carbons (Fsp3) is 0.400. The van der Waals surface area contributed by atoms with Gasteiger partial charge in [0.25, 0.3) is 0 Å². The van der Waals surface area contributed by atoms with Gasteiger partial charge in [-0.05, 0) is 30.7 Å². The van der Waals surface area contributed by atoms with Gasteiger partial charge in [-0.1, -0.05) is 39.7 Å². The maximum atomic E-state index is 5.77. The lowest BCUT2D eigenvalue weighted by molar-refractivity contribution is 0.723. The van der Waals surface area contributed by atoms with E-state index in [1.165, 1.54) is 5.56 Å². The molecule has 1 aromatic carbocycles. The Hall–Kier alpha value is 0.430. The Kier molecular flexibility index (Phi) is 8.98. The predicted molar refractivity (Wildman–Crippen MR) is 72.1 cm³/mol. The van der Waals surface area contributed by atoms with Crippen molar-refractivity contribution in [2.24, 2.45) is 0 Å². The minimum absolute atomic E-state index is 0. The van der Waals surface area contributed by atoms with Gasteiger partial charge < -0.3 is 5.32 Å². The molecule has 1 nitrogen and oxygen atoms in total. The second-order valence-electron chi connectivity index (χ2n) is 2.82. The van der Waals surface area contributed by atoms with Gasteiger partial charge in [0.05, 0.1) is 0 Å². The highest BCUT2D eigenvalue weighted by Crippen LogP contribution is 2.09. The molecule has 4 heteroatoms. The molecule has 0 spiro atoms. The first-order valence-corrected chi connectivity index (χ1v) is 5.84. The highest BCUT2D eigenvalue weighted by molar-refractivity contribution is 9.09. The third kappa shape index (κ3) is 6.02. The lowest BCUT2D eigenvalue weighted by Crippen LogP contribution is -2.19. The van der Waals surface area contributed by atoms with Crippen LogP contribution in [0.25, 0.3) is 0 Å². The standard InChI is InChI=1S/C10H13BrClN.BrH/c11-6-8-13-7-5-9-1-3-10(12)4-2-9;/h1-4,13H,5-8H2;1H. The molecule has 14 heavy (non-hydrogen) atoms. The van der Waals surface area contributed by atoms with Crippen molar-refractivity contribution in [2.45, 2.75) is 6.42 Å². The average molecular weight is 343 g/mol. The van der Waals surface area contributed by atoms with Gasteiger partial charge in [0.1, 0.15) is 0 Å². The van der Waals surface area contributed by atoms with Gasteiger partial charge in [-0.3, -0.25) is 0 Å². The van der Waals surface area contributed by atoms with Crippen LogP contribution >= 0.6 is 44.5 Å². The Morgan fingerprint density at radius 2 is 1.79 bits per heavy atom. The zero-order valence-electron chi connectivity index (χ0n) is 7.80. The van der Waals surface area contributed by atoms with Crippen LogP contribution in [-0.2, 0) is 6.42 Å². The Bertz CT molecular complexity index is 238. The van der Waals surface area contributed by atoms with Crippen molar-refractivity contribution in [1.82, 2.24) is 5.32 Å². The highest BCUT2D eigenvalue weighted by atomic mass is 79.9. The molecule has 80 valence electrons. The van der Waals surface area contributed by atoms with Crippen LogP contribution in [0.15, 0.2) is 24.3 Å². The molecule has 0 fully saturated rings. The Labute approximate surface area is 109 Å². The van der Waals surface area contributed by atoms with E-state index in [-0.39, 0.29) is 17.0 Å². The summed E-state index contributed by atoms with van der Waals surface area (Å²) in [6.45, 7) is 2.04. The summed E-state index contributed by atoms with van der Waals surface area (Å²) in [7, 11) is 0. The molecule has 1 aromatic rings. The molecule has 0 saturated carbocycles. The molecule has 0 amide bonds. The van der Waals surface area contributed by atoms with E-state index in [4.69, 9.17) is 11.6 Å². The highest BCUT2D eigenvalue weighted by Gasteiger charge is 1.92. The number of benzene rings is 1. The molecular weight excluding hydrogens is 329 g/mol. The van der Waals surface area contributed by atoms with Crippen LogP contribution in [0.4, 0.5) is 0 Å². The van der Waals surface area contributed by atoms with Crippen molar-refractivity contribution < 1.29 is 0 Å². The van der Waals surface area contributed by atoms with Crippen molar-refractivity contribution >= 4 is 44.5 Å². The lowest BCUT2D eigenvalue weighted by atomic mass is 10.1. The van der Waals surface area contributed by atoms with E-state index in [2.05, 4.69) is 33.4 Å². The summed E-state index contributed by atoms with van der Waals surface area (Å²) in [6.07, 6.45) is 1.06. The zero-order chi connectivity index (χ0) is 9.52. The van der Waals surface area contributed by atoms with Crippen LogP contribution in [0.1, 0.15) is 5.56 Å². The fourth-order valence-electron chi connectivity index (χ4n) is 1.08. The van der Waals surface area contributed by atoms with Crippen LogP contribution in [-0.4, -0.2) is 18.4 Å². The minimum Gasteiger partial charge on any atom is -0.316 e. The number of rotatable bonds is 5. The van der Waals surface area contributed by atoms with Crippen molar-refractivity contribution in [2.75, 3.05) is 18.4 Å². The number of hydrogen-bond donors (Lipinski definition) is 1. The summed E-state index contributed by atoms with van der Waals surface area (Å²) in [5.74, 6) is 0. The van der Waals surface area contributed by atoms with Gasteiger partial charge in [0.15, 0.2) is 0 Å². The molecule has 0 heterocycles. The first-order chi connectivity index (χ1) is 6.33. The third-order valence-corrected chi connectivity index (χ3v) is 2.42. The van der Waals surface area contributed by atoms with E-state index < -0.39 is 0 Å². The van der Waals surface area contributed by atoms with E-state index in [0.29, 0.717) is 0 Å². The Morgan fingerprint density at radius 3 is 2.36 bits per heavy atom. The molecule has 0 aliphatic heterocycles. The number of alkyl halides is 1. The lowest BCUT2D eigenvalue weighted by Gasteiger charge is -2.02. The van der Waals surface area contributed by atoms with Crippen LogP contribution in [0, 0.1) is 0 Å². The monoisotopic (exact) mass is 341 g/mol. The number of nitrogens with one attached hydrogen (secondary N) is 1. The van der Waals surface area contributed by atoms with Gasteiger partial charge in [0, 0.05) is 16.9 Å². The maximum Gasteiger partial charge on any atom is 0.0406 e. The van der Waals surface area contributed by atoms with E-state index in [9.17, 15) is 0 Å². The number of hydrogen-bond acceptors (Lipinski definition) is 1. The molecular formula is C10H14Br2ClN. The van der Waals surface area contributed by atoms with Crippen molar-refractivity contribution in [3.05, 3.63) is 34.9 Å². The van der Waals surface area contributed by atoms with Crippen LogP contribution in [0.2, 0.25) is 5.02 Å². The summed E-state index contributed by atoms with van der Waals surface area (Å²) >= 11 is 9.14. The molecule has 0 aromatic heterocycles. The van der Waals surface area contributed by atoms with Crippen LogP contribution in [0.5, 0.6) is 0 Å². The van der Waals surface area contributed by atoms with Crippen LogP contribution < -0.4 is 5.32 Å². The molecule has 0 atom stereocenters. The first-order valence-electron chi connectivity index (χ1n) is 4.34. The van der Waals surface area contributed by atoms with Crippen molar-refractivity contribution in [3.63, 3.8) is 0 Å². The smallest absolute Gasteiger partial charge is 0.0406 e.